The fourth-order valence-corrected chi connectivity index (χ4v) is 4.12. The zero-order valence-electron chi connectivity index (χ0n) is 17.4. The molecule has 0 aliphatic carbocycles. The molecule has 1 N–H and O–H groups in total. The van der Waals surface area contributed by atoms with Crippen LogP contribution in [0.2, 0.25) is 0 Å². The lowest BCUT2D eigenvalue weighted by atomic mass is 9.94. The van der Waals surface area contributed by atoms with Crippen molar-refractivity contribution in [2.24, 2.45) is 0 Å². The second kappa shape index (κ2) is 7.91. The van der Waals surface area contributed by atoms with E-state index < -0.39 is 17.8 Å². The van der Waals surface area contributed by atoms with E-state index in [2.05, 4.69) is 10.3 Å². The van der Waals surface area contributed by atoms with Gasteiger partial charge in [-0.1, -0.05) is 0 Å². The van der Waals surface area contributed by atoms with Crippen molar-refractivity contribution in [3.63, 3.8) is 0 Å². The summed E-state index contributed by atoms with van der Waals surface area (Å²) in [5, 5.41) is 2.75. The summed E-state index contributed by atoms with van der Waals surface area (Å²) in [6.07, 6.45) is 2.76. The van der Waals surface area contributed by atoms with E-state index >= 15 is 0 Å². The first kappa shape index (κ1) is 20.1. The molecular formula is C21H29N3O5. The Balaban J connectivity index is 1.54. The van der Waals surface area contributed by atoms with E-state index in [0.717, 1.165) is 48.3 Å². The molecular weight excluding hydrogens is 374 g/mol. The number of ether oxygens (including phenoxy) is 3. The van der Waals surface area contributed by atoms with Crippen LogP contribution in [0.1, 0.15) is 62.4 Å². The quantitative estimate of drug-likeness (QED) is 0.817. The third-order valence-corrected chi connectivity index (χ3v) is 5.48. The molecule has 158 valence electrons. The number of fused-ring (bicyclic) bond motifs is 3. The molecule has 1 saturated heterocycles. The van der Waals surface area contributed by atoms with Crippen molar-refractivity contribution in [2.45, 2.75) is 78.0 Å². The molecule has 0 aromatic carbocycles. The molecule has 2 amide bonds. The highest BCUT2D eigenvalue weighted by molar-refractivity contribution is 5.85. The van der Waals surface area contributed by atoms with E-state index in [1.165, 1.54) is 6.42 Å². The van der Waals surface area contributed by atoms with E-state index in [9.17, 15) is 9.59 Å². The number of amides is 2. The van der Waals surface area contributed by atoms with Gasteiger partial charge in [-0.2, -0.15) is 0 Å². The summed E-state index contributed by atoms with van der Waals surface area (Å²) in [7, 11) is 0. The average Bonchev–Trinajstić information content (AvgIpc) is 3.17. The van der Waals surface area contributed by atoms with Crippen molar-refractivity contribution in [1.29, 1.82) is 0 Å². The minimum absolute atomic E-state index is 0.0685. The van der Waals surface area contributed by atoms with E-state index in [1.54, 1.807) is 0 Å². The summed E-state index contributed by atoms with van der Waals surface area (Å²) in [4.78, 5) is 31.6. The predicted octanol–water partition coefficient (Wildman–Crippen LogP) is 2.91. The Bertz CT molecular complexity index is 812. The van der Waals surface area contributed by atoms with Crippen molar-refractivity contribution in [3.8, 4) is 0 Å². The number of nitrogens with one attached hydrogen (secondary N) is 1. The largest absolute Gasteiger partial charge is 0.444 e. The fourth-order valence-electron chi connectivity index (χ4n) is 4.12. The van der Waals surface area contributed by atoms with Gasteiger partial charge < -0.3 is 19.1 Å². The SMILES string of the molecule is CC(C)(C)OC(=O)Nc1nc2c(c3c1COC3)CC(C(=O)N1CCCCC1)OC2. The summed E-state index contributed by atoms with van der Waals surface area (Å²) in [5.74, 6) is 0.522. The summed E-state index contributed by atoms with van der Waals surface area (Å²) in [5.41, 5.74) is 3.06. The van der Waals surface area contributed by atoms with Crippen LogP contribution in [0.15, 0.2) is 0 Å². The Morgan fingerprint density at radius 1 is 1.07 bits per heavy atom. The van der Waals surface area contributed by atoms with Crippen molar-refractivity contribution in [1.82, 2.24) is 9.88 Å². The first-order valence-corrected chi connectivity index (χ1v) is 10.3. The number of piperidine rings is 1. The predicted molar refractivity (Wildman–Crippen MR) is 105 cm³/mol. The molecule has 3 aliphatic rings. The monoisotopic (exact) mass is 403 g/mol. The van der Waals surface area contributed by atoms with Crippen LogP contribution in [-0.4, -0.2) is 46.7 Å². The van der Waals surface area contributed by atoms with Gasteiger partial charge in [-0.3, -0.25) is 10.1 Å². The summed E-state index contributed by atoms with van der Waals surface area (Å²) >= 11 is 0. The maximum atomic E-state index is 12.9. The third-order valence-electron chi connectivity index (χ3n) is 5.48. The topological polar surface area (TPSA) is 90.0 Å². The summed E-state index contributed by atoms with van der Waals surface area (Å²) in [6.45, 7) is 8.14. The van der Waals surface area contributed by atoms with Crippen LogP contribution in [0.25, 0.3) is 0 Å². The van der Waals surface area contributed by atoms with Crippen molar-refractivity contribution < 1.29 is 23.8 Å². The van der Waals surface area contributed by atoms with Crippen LogP contribution in [-0.2, 0) is 45.2 Å². The molecule has 29 heavy (non-hydrogen) atoms. The highest BCUT2D eigenvalue weighted by Crippen LogP contribution is 2.35. The second-order valence-corrected chi connectivity index (χ2v) is 8.85. The lowest BCUT2D eigenvalue weighted by Gasteiger charge is -2.33. The van der Waals surface area contributed by atoms with Crippen LogP contribution in [0.4, 0.5) is 10.6 Å². The number of hydrogen-bond acceptors (Lipinski definition) is 6. The van der Waals surface area contributed by atoms with Gasteiger partial charge in [0.05, 0.1) is 25.5 Å². The molecule has 1 fully saturated rings. The number of carbonyl (C=O) groups is 2. The molecule has 0 bridgehead atoms. The molecule has 0 spiro atoms. The van der Waals surface area contributed by atoms with Gasteiger partial charge in [0.15, 0.2) is 0 Å². The van der Waals surface area contributed by atoms with Crippen molar-refractivity contribution >= 4 is 17.8 Å². The van der Waals surface area contributed by atoms with Gasteiger partial charge in [-0.15, -0.1) is 0 Å². The van der Waals surface area contributed by atoms with Crippen LogP contribution in [0.5, 0.6) is 0 Å². The van der Waals surface area contributed by atoms with Gasteiger partial charge in [0, 0.05) is 25.1 Å². The lowest BCUT2D eigenvalue weighted by Crippen LogP contribution is -2.45. The Labute approximate surface area is 170 Å². The molecule has 1 unspecified atom stereocenters. The van der Waals surface area contributed by atoms with Crippen LogP contribution >= 0.6 is 0 Å². The van der Waals surface area contributed by atoms with Crippen LogP contribution < -0.4 is 5.32 Å². The number of nitrogens with zero attached hydrogens (tertiary/aromatic N) is 2. The molecule has 4 heterocycles. The first-order valence-electron chi connectivity index (χ1n) is 10.3. The number of aromatic nitrogens is 1. The lowest BCUT2D eigenvalue weighted by molar-refractivity contribution is -0.146. The Morgan fingerprint density at radius 2 is 1.79 bits per heavy atom. The van der Waals surface area contributed by atoms with Crippen molar-refractivity contribution in [3.05, 3.63) is 22.4 Å². The van der Waals surface area contributed by atoms with Crippen molar-refractivity contribution in [2.75, 3.05) is 18.4 Å². The molecule has 8 nitrogen and oxygen atoms in total. The second-order valence-electron chi connectivity index (χ2n) is 8.85. The zero-order valence-corrected chi connectivity index (χ0v) is 17.4. The number of pyridine rings is 1. The van der Waals surface area contributed by atoms with E-state index in [-0.39, 0.29) is 12.5 Å². The van der Waals surface area contributed by atoms with Gasteiger partial charge in [0.2, 0.25) is 0 Å². The van der Waals surface area contributed by atoms with Gasteiger partial charge in [-0.25, -0.2) is 9.78 Å². The van der Waals surface area contributed by atoms with E-state index in [0.29, 0.717) is 25.5 Å². The minimum Gasteiger partial charge on any atom is -0.444 e. The van der Waals surface area contributed by atoms with Crippen LogP contribution in [0, 0.1) is 0 Å². The number of likely N-dealkylation sites (tertiary alicyclic amines) is 1. The number of carbonyl (C=O) groups excluding carboxylic acids is 2. The zero-order chi connectivity index (χ0) is 20.6. The third kappa shape index (κ3) is 4.38. The highest BCUT2D eigenvalue weighted by Gasteiger charge is 2.35. The maximum Gasteiger partial charge on any atom is 0.413 e. The van der Waals surface area contributed by atoms with Crippen LogP contribution in [0.3, 0.4) is 0 Å². The molecule has 0 saturated carbocycles. The molecule has 1 atom stereocenters. The number of rotatable bonds is 2. The van der Waals surface area contributed by atoms with E-state index in [1.807, 2.05) is 25.7 Å². The Hall–Kier alpha value is -2.19. The van der Waals surface area contributed by atoms with Gasteiger partial charge >= 0.3 is 6.09 Å². The molecule has 1 aromatic rings. The fraction of sp³-hybridized carbons (Fsp3) is 0.667. The Kier molecular flexibility index (Phi) is 5.48. The molecule has 0 radical (unpaired) electrons. The van der Waals surface area contributed by atoms with Gasteiger partial charge in [0.1, 0.15) is 17.5 Å². The molecule has 8 heteroatoms. The van der Waals surface area contributed by atoms with E-state index in [4.69, 9.17) is 14.2 Å². The summed E-state index contributed by atoms with van der Waals surface area (Å²) in [6, 6.07) is 0. The molecule has 1 aromatic heterocycles. The first-order chi connectivity index (χ1) is 13.8. The van der Waals surface area contributed by atoms with Gasteiger partial charge in [-0.05, 0) is 51.2 Å². The average molecular weight is 403 g/mol. The highest BCUT2D eigenvalue weighted by atomic mass is 16.6. The normalized spacial score (nSPS) is 21.3. The molecule has 4 rings (SSSR count). The van der Waals surface area contributed by atoms with Gasteiger partial charge in [0.25, 0.3) is 5.91 Å². The Morgan fingerprint density at radius 3 is 2.52 bits per heavy atom. The standard InChI is InChI=1S/C21H29N3O5/c1-21(2,3)29-20(26)23-18-15-11-27-10-14(15)13-9-17(28-12-16(13)22-18)19(25)24-7-5-4-6-8-24/h17H,4-12H2,1-3H3,(H,22,23,26). The number of hydrogen-bond donors (Lipinski definition) is 1. The maximum absolute atomic E-state index is 12.9. The molecule has 3 aliphatic heterocycles. The summed E-state index contributed by atoms with van der Waals surface area (Å²) < 4.78 is 16.9. The number of anilines is 1. The smallest absolute Gasteiger partial charge is 0.413 e. The minimum atomic E-state index is -0.594.